The van der Waals surface area contributed by atoms with Crippen molar-refractivity contribution in [2.24, 2.45) is 0 Å². The summed E-state index contributed by atoms with van der Waals surface area (Å²) in [4.78, 5) is 0. The van der Waals surface area contributed by atoms with E-state index in [1.807, 2.05) is 17.8 Å². The van der Waals surface area contributed by atoms with E-state index in [1.54, 1.807) is 6.26 Å². The fraction of sp³-hybridized carbons (Fsp3) is 0.636. The highest BCUT2D eigenvalue weighted by Gasteiger charge is 2.19. The Balaban J connectivity index is 1.56. The van der Waals surface area contributed by atoms with Crippen LogP contribution in [0.2, 0.25) is 0 Å². The van der Waals surface area contributed by atoms with Gasteiger partial charge in [-0.25, -0.2) is 0 Å². The number of hydrogen-bond acceptors (Lipinski definition) is 3. The second-order valence-corrected chi connectivity index (χ2v) is 4.91. The molecule has 0 saturated heterocycles. The lowest BCUT2D eigenvalue weighted by molar-refractivity contribution is 0.528. The molecule has 2 nitrogen and oxygen atoms in total. The number of rotatable bonds is 6. The Kier molecular flexibility index (Phi) is 3.54. The maximum absolute atomic E-state index is 5.36. The van der Waals surface area contributed by atoms with Crippen molar-refractivity contribution in [3.63, 3.8) is 0 Å². The van der Waals surface area contributed by atoms with E-state index >= 15 is 0 Å². The molecule has 14 heavy (non-hydrogen) atoms. The van der Waals surface area contributed by atoms with Crippen molar-refractivity contribution >= 4 is 11.8 Å². The minimum absolute atomic E-state index is 0.834. The van der Waals surface area contributed by atoms with Crippen molar-refractivity contribution in [1.29, 1.82) is 0 Å². The van der Waals surface area contributed by atoms with Crippen molar-refractivity contribution in [1.82, 2.24) is 5.32 Å². The Morgan fingerprint density at radius 3 is 3.07 bits per heavy atom. The number of thioether (sulfide) groups is 1. The molecule has 3 heteroatoms. The predicted molar refractivity (Wildman–Crippen MR) is 60.6 cm³/mol. The zero-order valence-corrected chi connectivity index (χ0v) is 9.40. The fourth-order valence-electron chi connectivity index (χ4n) is 1.34. The van der Waals surface area contributed by atoms with E-state index in [1.165, 1.54) is 24.2 Å². The van der Waals surface area contributed by atoms with E-state index in [0.717, 1.165) is 24.1 Å². The maximum atomic E-state index is 5.36. The number of furan rings is 1. The van der Waals surface area contributed by atoms with Gasteiger partial charge in [0.1, 0.15) is 5.76 Å². The van der Waals surface area contributed by atoms with Crippen LogP contribution in [0.3, 0.4) is 0 Å². The third kappa shape index (κ3) is 3.07. The first-order chi connectivity index (χ1) is 6.86. The zero-order chi connectivity index (χ0) is 9.80. The van der Waals surface area contributed by atoms with Crippen LogP contribution in [0.25, 0.3) is 0 Å². The SMILES string of the molecule is Cc1ccoc1CSCCNC1CC1. The molecule has 1 aromatic heterocycles. The van der Waals surface area contributed by atoms with Crippen molar-refractivity contribution in [2.75, 3.05) is 12.3 Å². The Bertz CT molecular complexity index is 281. The van der Waals surface area contributed by atoms with Crippen LogP contribution >= 0.6 is 11.8 Å². The van der Waals surface area contributed by atoms with Gasteiger partial charge in [-0.2, -0.15) is 11.8 Å². The molecule has 0 spiro atoms. The Labute approximate surface area is 89.4 Å². The Morgan fingerprint density at radius 2 is 2.43 bits per heavy atom. The van der Waals surface area contributed by atoms with Crippen LogP contribution in [0.4, 0.5) is 0 Å². The van der Waals surface area contributed by atoms with E-state index in [4.69, 9.17) is 4.42 Å². The zero-order valence-electron chi connectivity index (χ0n) is 8.58. The van der Waals surface area contributed by atoms with Crippen LogP contribution in [0.15, 0.2) is 16.7 Å². The third-order valence-electron chi connectivity index (χ3n) is 2.46. The summed E-state index contributed by atoms with van der Waals surface area (Å²) >= 11 is 1.94. The number of hydrogen-bond donors (Lipinski definition) is 1. The molecular weight excluding hydrogens is 194 g/mol. The summed E-state index contributed by atoms with van der Waals surface area (Å²) in [6.07, 6.45) is 4.53. The maximum Gasteiger partial charge on any atom is 0.116 e. The average molecular weight is 211 g/mol. The minimum atomic E-state index is 0.834. The highest BCUT2D eigenvalue weighted by atomic mass is 32.2. The first-order valence-electron chi connectivity index (χ1n) is 5.20. The molecule has 1 N–H and O–H groups in total. The van der Waals surface area contributed by atoms with Gasteiger partial charge < -0.3 is 9.73 Å². The van der Waals surface area contributed by atoms with Gasteiger partial charge in [0.15, 0.2) is 0 Å². The van der Waals surface area contributed by atoms with Crippen molar-refractivity contribution < 1.29 is 4.42 Å². The third-order valence-corrected chi connectivity index (χ3v) is 3.42. The van der Waals surface area contributed by atoms with Gasteiger partial charge in [-0.3, -0.25) is 0 Å². The fourth-order valence-corrected chi connectivity index (χ4v) is 2.23. The summed E-state index contributed by atoms with van der Waals surface area (Å²) in [6, 6.07) is 2.86. The average Bonchev–Trinajstić information content (AvgIpc) is 2.91. The quantitative estimate of drug-likeness (QED) is 0.732. The molecule has 0 amide bonds. The molecular formula is C11H17NOS. The molecule has 78 valence electrons. The van der Waals surface area contributed by atoms with E-state index < -0.39 is 0 Å². The summed E-state index contributed by atoms with van der Waals surface area (Å²) < 4.78 is 5.36. The largest absolute Gasteiger partial charge is 0.468 e. The van der Waals surface area contributed by atoms with E-state index in [0.29, 0.717) is 0 Å². The molecule has 1 aliphatic carbocycles. The standard InChI is InChI=1S/C11H17NOS/c1-9-4-6-13-11(9)8-14-7-5-12-10-2-3-10/h4,6,10,12H,2-3,5,7-8H2,1H3. The van der Waals surface area contributed by atoms with Crippen LogP contribution in [0.1, 0.15) is 24.2 Å². The lowest BCUT2D eigenvalue weighted by Crippen LogP contribution is -2.19. The van der Waals surface area contributed by atoms with Crippen LogP contribution in [-0.2, 0) is 5.75 Å². The van der Waals surface area contributed by atoms with Crippen LogP contribution < -0.4 is 5.32 Å². The molecule has 0 bridgehead atoms. The van der Waals surface area contributed by atoms with Crippen molar-refractivity contribution in [3.8, 4) is 0 Å². The summed E-state index contributed by atoms with van der Waals surface area (Å²) in [7, 11) is 0. The summed E-state index contributed by atoms with van der Waals surface area (Å²) in [5, 5.41) is 3.50. The van der Waals surface area contributed by atoms with Gasteiger partial charge >= 0.3 is 0 Å². The van der Waals surface area contributed by atoms with Gasteiger partial charge in [-0.1, -0.05) is 0 Å². The molecule has 1 aliphatic rings. The molecule has 1 fully saturated rings. The highest BCUT2D eigenvalue weighted by Crippen LogP contribution is 2.19. The lowest BCUT2D eigenvalue weighted by Gasteiger charge is -2.01. The second-order valence-electron chi connectivity index (χ2n) is 3.81. The van der Waals surface area contributed by atoms with E-state index in [2.05, 4.69) is 12.2 Å². The van der Waals surface area contributed by atoms with Crippen LogP contribution in [0, 0.1) is 6.92 Å². The molecule has 1 aromatic rings. The van der Waals surface area contributed by atoms with Gasteiger partial charge in [0.2, 0.25) is 0 Å². The summed E-state index contributed by atoms with van der Waals surface area (Å²) in [5.74, 6) is 3.31. The van der Waals surface area contributed by atoms with E-state index in [-0.39, 0.29) is 0 Å². The lowest BCUT2D eigenvalue weighted by atomic mass is 10.3. The van der Waals surface area contributed by atoms with Crippen LogP contribution in [-0.4, -0.2) is 18.3 Å². The molecule has 1 saturated carbocycles. The molecule has 0 unspecified atom stereocenters. The molecule has 0 aliphatic heterocycles. The van der Waals surface area contributed by atoms with Gasteiger partial charge in [0.05, 0.1) is 12.0 Å². The predicted octanol–water partition coefficient (Wildman–Crippen LogP) is 2.57. The first-order valence-corrected chi connectivity index (χ1v) is 6.36. The van der Waals surface area contributed by atoms with Crippen LogP contribution in [0.5, 0.6) is 0 Å². The van der Waals surface area contributed by atoms with Gasteiger partial charge in [0, 0.05) is 18.3 Å². The van der Waals surface area contributed by atoms with Crippen molar-refractivity contribution in [3.05, 3.63) is 23.7 Å². The van der Waals surface area contributed by atoms with Gasteiger partial charge in [-0.15, -0.1) is 0 Å². The monoisotopic (exact) mass is 211 g/mol. The summed E-state index contributed by atoms with van der Waals surface area (Å²) in [5.41, 5.74) is 1.27. The Morgan fingerprint density at radius 1 is 1.57 bits per heavy atom. The normalized spacial score (nSPS) is 16.1. The Hall–Kier alpha value is -0.410. The summed E-state index contributed by atoms with van der Waals surface area (Å²) in [6.45, 7) is 3.23. The molecule has 0 radical (unpaired) electrons. The van der Waals surface area contributed by atoms with E-state index in [9.17, 15) is 0 Å². The minimum Gasteiger partial charge on any atom is -0.468 e. The molecule has 0 atom stereocenters. The molecule has 0 aromatic carbocycles. The highest BCUT2D eigenvalue weighted by molar-refractivity contribution is 7.98. The van der Waals surface area contributed by atoms with Gasteiger partial charge in [-0.05, 0) is 31.4 Å². The smallest absolute Gasteiger partial charge is 0.116 e. The van der Waals surface area contributed by atoms with Crippen molar-refractivity contribution in [2.45, 2.75) is 31.6 Å². The second kappa shape index (κ2) is 4.89. The topological polar surface area (TPSA) is 25.2 Å². The van der Waals surface area contributed by atoms with Gasteiger partial charge in [0.25, 0.3) is 0 Å². The molecule has 2 rings (SSSR count). The number of nitrogens with one attached hydrogen (secondary N) is 1. The number of aryl methyl sites for hydroxylation is 1. The molecule has 1 heterocycles. The first kappa shape index (κ1) is 10.1.